The quantitative estimate of drug-likeness (QED) is 0.102. The van der Waals surface area contributed by atoms with Gasteiger partial charge in [0.15, 0.2) is 0 Å². The van der Waals surface area contributed by atoms with E-state index in [-0.39, 0.29) is 54.8 Å². The number of likely N-dealkylation sites (N-methyl/N-ethyl adjacent to an activating group) is 1. The van der Waals surface area contributed by atoms with Crippen molar-refractivity contribution in [3.05, 3.63) is 60.7 Å². The average Bonchev–Trinajstić information content (AvgIpc) is 4.18. The number of nitrogens with zero attached hydrogens (tertiary/aromatic N) is 10. The largest absolute Gasteiger partial charge is 0.363 e. The maximum absolute atomic E-state index is 14.2. The summed E-state index contributed by atoms with van der Waals surface area (Å²) in [5, 5.41) is 34.6. The van der Waals surface area contributed by atoms with Crippen LogP contribution in [0.15, 0.2) is 80.8 Å². The fourth-order valence-corrected chi connectivity index (χ4v) is 9.13. The molecule has 21 heteroatoms. The minimum Gasteiger partial charge on any atom is -0.363 e. The van der Waals surface area contributed by atoms with Crippen LogP contribution in [0.2, 0.25) is 0 Å². The summed E-state index contributed by atoms with van der Waals surface area (Å²) in [6.45, 7) is 10.4. The Labute approximate surface area is 400 Å². The van der Waals surface area contributed by atoms with Gasteiger partial charge in [-0.05, 0) is 134 Å². The van der Waals surface area contributed by atoms with Gasteiger partial charge in [-0.3, -0.25) is 19.2 Å². The van der Waals surface area contributed by atoms with Gasteiger partial charge in [0.05, 0.1) is 43.4 Å². The van der Waals surface area contributed by atoms with Gasteiger partial charge < -0.3 is 35.2 Å². The monoisotopic (exact) mass is 953 g/mol. The molecule has 2 aromatic carbocycles. The highest BCUT2D eigenvalue weighted by Gasteiger charge is 2.39. The normalized spacial score (nSPS) is 18.0. The van der Waals surface area contributed by atoms with Crippen LogP contribution in [-0.4, -0.2) is 150 Å². The van der Waals surface area contributed by atoms with E-state index in [1.807, 2.05) is 60.7 Å². The van der Waals surface area contributed by atoms with Crippen molar-refractivity contribution in [2.45, 2.75) is 136 Å². The Morgan fingerprint density at radius 3 is 1.52 bits per heavy atom. The molecule has 4 heterocycles. The first-order valence-corrected chi connectivity index (χ1v) is 24.1. The summed E-state index contributed by atoms with van der Waals surface area (Å²) in [5.74, 6) is 9.75. The SMILES string of the molecule is CN[C@@H](C)C(=O)N[C@H](C(=O)N1CCC[C@H]1Cn1nnnc1Sc1ccccc1)[C@@H](C)OCC#CC#CCO[C@H](C)[C@H](NC(=O)C(C)C)C(=O)N1CCC[C@H]1Cn1nnnc1Sc1ccccc1. The molecule has 2 fully saturated rings. The predicted octanol–water partition coefficient (Wildman–Crippen LogP) is 2.69. The van der Waals surface area contributed by atoms with E-state index in [4.69, 9.17) is 9.47 Å². The minimum absolute atomic E-state index is 0.0527. The Kier molecular flexibility index (Phi) is 19.1. The zero-order chi connectivity index (χ0) is 47.7. The smallest absolute Gasteiger partial charge is 0.248 e. The molecule has 0 radical (unpaired) electrons. The lowest BCUT2D eigenvalue weighted by Gasteiger charge is -2.32. The molecular formula is C46H59N13O6S2. The molecule has 0 spiro atoms. The first-order valence-electron chi connectivity index (χ1n) is 22.5. The fourth-order valence-electron chi connectivity index (χ4n) is 7.53. The van der Waals surface area contributed by atoms with Crippen molar-refractivity contribution < 1.29 is 28.7 Å². The predicted molar refractivity (Wildman–Crippen MR) is 250 cm³/mol. The van der Waals surface area contributed by atoms with Gasteiger partial charge >= 0.3 is 0 Å². The Morgan fingerprint density at radius 2 is 1.10 bits per heavy atom. The van der Waals surface area contributed by atoms with Crippen LogP contribution < -0.4 is 16.0 Å². The van der Waals surface area contributed by atoms with E-state index in [0.29, 0.717) is 36.5 Å². The third-order valence-corrected chi connectivity index (χ3v) is 13.4. The summed E-state index contributed by atoms with van der Waals surface area (Å²) < 4.78 is 15.4. The maximum Gasteiger partial charge on any atom is 0.248 e. The molecule has 0 bridgehead atoms. The Balaban J connectivity index is 1.03. The number of nitrogens with one attached hydrogen (secondary N) is 3. The Hall–Kier alpha value is -5.84. The van der Waals surface area contributed by atoms with Gasteiger partial charge in [0.2, 0.25) is 33.9 Å². The zero-order valence-electron chi connectivity index (χ0n) is 38.7. The lowest BCUT2D eigenvalue weighted by atomic mass is 10.1. The fraction of sp³-hybridized carbons (Fsp3) is 0.522. The number of ether oxygens (including phenoxy) is 2. The summed E-state index contributed by atoms with van der Waals surface area (Å²) in [7, 11) is 1.67. The number of aromatic nitrogens is 8. The van der Waals surface area contributed by atoms with Crippen LogP contribution in [0.4, 0.5) is 0 Å². The van der Waals surface area contributed by atoms with E-state index in [1.54, 1.807) is 60.8 Å². The van der Waals surface area contributed by atoms with E-state index in [2.05, 4.69) is 70.7 Å². The summed E-state index contributed by atoms with van der Waals surface area (Å²) in [6.07, 6.45) is 1.64. The van der Waals surface area contributed by atoms with Crippen molar-refractivity contribution in [1.29, 1.82) is 0 Å². The van der Waals surface area contributed by atoms with E-state index >= 15 is 0 Å². The summed E-state index contributed by atoms with van der Waals surface area (Å²) in [4.78, 5) is 60.0. The van der Waals surface area contributed by atoms with Gasteiger partial charge in [0.25, 0.3) is 0 Å². The van der Waals surface area contributed by atoms with Crippen molar-refractivity contribution in [3.8, 4) is 23.7 Å². The molecule has 7 atom stereocenters. The van der Waals surface area contributed by atoms with Gasteiger partial charge in [-0.25, -0.2) is 9.36 Å². The van der Waals surface area contributed by atoms with Gasteiger partial charge in [-0.1, -0.05) is 62.1 Å². The van der Waals surface area contributed by atoms with Crippen LogP contribution in [0, 0.1) is 29.6 Å². The molecule has 19 nitrogen and oxygen atoms in total. The lowest BCUT2D eigenvalue weighted by Crippen LogP contribution is -2.58. The first-order chi connectivity index (χ1) is 32.4. The molecule has 0 saturated carbocycles. The molecule has 2 aliphatic heterocycles. The van der Waals surface area contributed by atoms with Crippen molar-refractivity contribution in [2.75, 3.05) is 33.4 Å². The third-order valence-electron chi connectivity index (χ3n) is 11.5. The maximum atomic E-state index is 14.2. The molecule has 2 aliphatic rings. The summed E-state index contributed by atoms with van der Waals surface area (Å²) in [6, 6.07) is 16.7. The number of amides is 4. The first kappa shape index (κ1) is 50.6. The minimum atomic E-state index is -0.989. The number of hydrogen-bond acceptors (Lipinski definition) is 15. The van der Waals surface area contributed by atoms with Crippen LogP contribution >= 0.6 is 23.5 Å². The van der Waals surface area contributed by atoms with Gasteiger partial charge in [0.1, 0.15) is 25.3 Å². The zero-order valence-corrected chi connectivity index (χ0v) is 40.3. The summed E-state index contributed by atoms with van der Waals surface area (Å²) >= 11 is 2.89. The molecule has 356 valence electrons. The highest BCUT2D eigenvalue weighted by atomic mass is 32.2. The van der Waals surface area contributed by atoms with Crippen molar-refractivity contribution in [2.24, 2.45) is 5.92 Å². The number of carbonyl (C=O) groups is 4. The summed E-state index contributed by atoms with van der Waals surface area (Å²) in [5.41, 5.74) is 0. The lowest BCUT2D eigenvalue weighted by molar-refractivity contribution is -0.142. The van der Waals surface area contributed by atoms with Gasteiger partial charge in [0, 0.05) is 28.8 Å². The van der Waals surface area contributed by atoms with Crippen molar-refractivity contribution in [3.63, 3.8) is 0 Å². The van der Waals surface area contributed by atoms with E-state index in [9.17, 15) is 19.2 Å². The topological polar surface area (TPSA) is 217 Å². The van der Waals surface area contributed by atoms with E-state index in [0.717, 1.165) is 35.5 Å². The van der Waals surface area contributed by atoms with Gasteiger partial charge in [-0.2, -0.15) is 0 Å². The van der Waals surface area contributed by atoms with E-state index < -0.39 is 30.3 Å². The second-order valence-corrected chi connectivity index (χ2v) is 18.6. The number of rotatable bonds is 21. The van der Waals surface area contributed by atoms with Crippen LogP contribution in [0.1, 0.15) is 60.3 Å². The molecule has 4 aromatic rings. The highest BCUT2D eigenvalue weighted by molar-refractivity contribution is 7.99. The number of likely N-dealkylation sites (tertiary alicyclic amines) is 2. The molecule has 6 rings (SSSR count). The Morgan fingerprint density at radius 1 is 0.672 bits per heavy atom. The number of carbonyl (C=O) groups excluding carboxylic acids is 4. The van der Waals surface area contributed by atoms with Crippen molar-refractivity contribution in [1.82, 2.24) is 66.2 Å². The van der Waals surface area contributed by atoms with Crippen LogP contribution in [0.3, 0.4) is 0 Å². The molecule has 0 unspecified atom stereocenters. The second kappa shape index (κ2) is 25.3. The second-order valence-electron chi connectivity index (χ2n) is 16.5. The van der Waals surface area contributed by atoms with E-state index in [1.165, 1.54) is 23.5 Å². The molecule has 4 amide bonds. The number of tetrazole rings is 2. The Bertz CT molecular complexity index is 2380. The van der Waals surface area contributed by atoms with Crippen LogP contribution in [0.25, 0.3) is 0 Å². The van der Waals surface area contributed by atoms with Crippen molar-refractivity contribution >= 4 is 47.2 Å². The molecular weight excluding hydrogens is 895 g/mol. The van der Waals surface area contributed by atoms with Crippen LogP contribution in [0.5, 0.6) is 0 Å². The number of hydrogen-bond donors (Lipinski definition) is 3. The molecule has 67 heavy (non-hydrogen) atoms. The molecule has 2 saturated heterocycles. The van der Waals surface area contributed by atoms with Crippen LogP contribution in [-0.2, 0) is 41.7 Å². The highest BCUT2D eigenvalue weighted by Crippen LogP contribution is 2.29. The third kappa shape index (κ3) is 14.3. The molecule has 0 aliphatic carbocycles. The number of benzene rings is 2. The molecule has 2 aromatic heterocycles. The van der Waals surface area contributed by atoms with Gasteiger partial charge in [-0.15, -0.1) is 10.2 Å². The molecule has 3 N–H and O–H groups in total. The average molecular weight is 954 g/mol. The standard InChI is InChI=1S/C46H59N13O6S2/c1-31(2)41(60)48-39(43(62)56-25-17-19-35(56)29-58-45(50-52-54-58)66-37-21-11-9-12-22-37)33(4)64-27-15-7-8-16-28-65-34(5)40(49-42(61)32(3)47-6)44(63)57-26-18-20-36(57)30-59-46(51-53-55-59)67-38-23-13-10-14-24-38/h9-14,21-24,31-36,39-40,47H,17-20,25-30H2,1-6H3,(H,48,60)(H,49,61)/t32-,33+,34+,35-,36-,39-,40-/m0/s1.